The molecule has 1 saturated carbocycles. The average molecular weight is 256 g/mol. The van der Waals surface area contributed by atoms with E-state index in [1.54, 1.807) is 0 Å². The zero-order valence-corrected chi connectivity index (χ0v) is 10.7. The van der Waals surface area contributed by atoms with Gasteiger partial charge in [0.05, 0.1) is 6.61 Å². The fourth-order valence-corrected chi connectivity index (χ4v) is 1.01. The number of carbonyl (C=O) groups is 2. The lowest BCUT2D eigenvalue weighted by Gasteiger charge is -2.00. The third-order valence-electron chi connectivity index (χ3n) is 2.19. The van der Waals surface area contributed by atoms with Gasteiger partial charge in [-0.25, -0.2) is 9.59 Å². The van der Waals surface area contributed by atoms with Crippen molar-refractivity contribution in [3.05, 3.63) is 24.8 Å². The first-order valence-corrected chi connectivity index (χ1v) is 5.81. The quantitative estimate of drug-likeness (QED) is 0.427. The van der Waals surface area contributed by atoms with E-state index < -0.39 is 11.9 Å². The van der Waals surface area contributed by atoms with Crippen LogP contribution < -0.4 is 0 Å². The number of esters is 1. The molecule has 18 heavy (non-hydrogen) atoms. The number of ether oxygens (including phenoxy) is 2. The van der Waals surface area contributed by atoms with Crippen LogP contribution in [0.4, 0.5) is 0 Å². The molecule has 1 fully saturated rings. The average Bonchev–Trinajstić information content (AvgIpc) is 3.18. The van der Waals surface area contributed by atoms with Gasteiger partial charge < -0.3 is 14.6 Å². The van der Waals surface area contributed by atoms with Crippen LogP contribution in [0.3, 0.4) is 0 Å². The van der Waals surface area contributed by atoms with Crippen LogP contribution in [0.2, 0.25) is 0 Å². The van der Waals surface area contributed by atoms with E-state index in [4.69, 9.17) is 9.84 Å². The van der Waals surface area contributed by atoms with Gasteiger partial charge in [-0.3, -0.25) is 0 Å². The first-order valence-electron chi connectivity index (χ1n) is 5.81. The maximum absolute atomic E-state index is 10.4. The summed E-state index contributed by atoms with van der Waals surface area (Å²) in [5.41, 5.74) is 0.380. The number of aliphatic carboxylic acids is 1. The zero-order chi connectivity index (χ0) is 14.0. The molecule has 0 aromatic heterocycles. The Balaban J connectivity index is 0.000000327. The van der Waals surface area contributed by atoms with Crippen molar-refractivity contribution in [3.8, 4) is 0 Å². The van der Waals surface area contributed by atoms with Crippen molar-refractivity contribution in [1.82, 2.24) is 0 Å². The highest BCUT2D eigenvalue weighted by Gasteiger charge is 2.28. The summed E-state index contributed by atoms with van der Waals surface area (Å²) < 4.78 is 9.53. The summed E-state index contributed by atoms with van der Waals surface area (Å²) >= 11 is 0. The molecule has 1 aliphatic rings. The van der Waals surface area contributed by atoms with Crippen LogP contribution in [0.15, 0.2) is 24.8 Å². The third kappa shape index (κ3) is 8.52. The molecule has 0 radical (unpaired) electrons. The van der Waals surface area contributed by atoms with Gasteiger partial charge in [0.25, 0.3) is 0 Å². The first-order chi connectivity index (χ1) is 8.52. The highest BCUT2D eigenvalue weighted by atomic mass is 16.6. The topological polar surface area (TPSA) is 72.8 Å². The van der Waals surface area contributed by atoms with Gasteiger partial charge in [0, 0.05) is 18.3 Å². The molecule has 0 aromatic rings. The Bertz CT molecular complexity index is 305. The Morgan fingerprint density at radius 1 is 1.39 bits per heavy atom. The monoisotopic (exact) mass is 256 g/mol. The number of carbonyl (C=O) groups excluding carboxylic acids is 1. The second-order valence-electron chi connectivity index (χ2n) is 3.67. The zero-order valence-electron chi connectivity index (χ0n) is 10.7. The van der Waals surface area contributed by atoms with E-state index in [2.05, 4.69) is 17.9 Å². The predicted molar refractivity (Wildman–Crippen MR) is 67.1 cm³/mol. The van der Waals surface area contributed by atoms with Crippen LogP contribution >= 0.6 is 0 Å². The minimum atomic E-state index is -0.840. The minimum Gasteiger partial charge on any atom is -0.478 e. The van der Waals surface area contributed by atoms with Crippen molar-refractivity contribution in [2.24, 2.45) is 5.92 Å². The van der Waals surface area contributed by atoms with Crippen LogP contribution in [0.25, 0.3) is 0 Å². The molecular formula is C13H20O5. The molecule has 5 heteroatoms. The molecule has 0 aliphatic heterocycles. The Labute approximate surface area is 107 Å². The molecule has 0 amide bonds. The van der Waals surface area contributed by atoms with Gasteiger partial charge in [-0.05, 0) is 25.7 Å². The Morgan fingerprint density at radius 3 is 2.33 bits per heavy atom. The standard InChI is InChI=1S/C7H12O3.C6H8O2/c1-3-7(8)10-6-5-9-4-2;1-4(6(7)8)5-2-3-5/h3H,1,4-6H2,2H3;5H,1-3H2,(H,7,8). The Kier molecular flexibility index (Phi) is 8.57. The van der Waals surface area contributed by atoms with Gasteiger partial charge in [0.15, 0.2) is 0 Å². The summed E-state index contributed by atoms with van der Waals surface area (Å²) in [7, 11) is 0. The SMILES string of the molecule is C=C(C(=O)O)C1CC1.C=CC(=O)OCCOCC. The molecule has 0 unspecified atom stereocenters. The molecule has 1 rings (SSSR count). The molecule has 5 nitrogen and oxygen atoms in total. The number of carboxylic acid groups (broad SMARTS) is 1. The lowest BCUT2D eigenvalue weighted by molar-refractivity contribution is -0.139. The molecule has 0 spiro atoms. The predicted octanol–water partition coefficient (Wildman–Crippen LogP) is 1.79. The van der Waals surface area contributed by atoms with Gasteiger partial charge in [-0.15, -0.1) is 0 Å². The van der Waals surface area contributed by atoms with E-state index in [1.807, 2.05) is 6.92 Å². The van der Waals surface area contributed by atoms with Crippen LogP contribution in [0, 0.1) is 5.92 Å². The molecular weight excluding hydrogens is 236 g/mol. The van der Waals surface area contributed by atoms with E-state index >= 15 is 0 Å². The van der Waals surface area contributed by atoms with Crippen molar-refractivity contribution in [1.29, 1.82) is 0 Å². The van der Waals surface area contributed by atoms with Crippen molar-refractivity contribution in [2.75, 3.05) is 19.8 Å². The molecule has 0 saturated heterocycles. The Morgan fingerprint density at radius 2 is 2.00 bits per heavy atom. The fraction of sp³-hybridized carbons (Fsp3) is 0.538. The normalized spacial score (nSPS) is 12.9. The van der Waals surface area contributed by atoms with E-state index in [9.17, 15) is 9.59 Å². The van der Waals surface area contributed by atoms with E-state index in [0.717, 1.165) is 18.9 Å². The number of hydrogen-bond acceptors (Lipinski definition) is 4. The fourth-order valence-electron chi connectivity index (χ4n) is 1.01. The number of rotatable bonds is 7. The van der Waals surface area contributed by atoms with Crippen LogP contribution in [0.1, 0.15) is 19.8 Å². The van der Waals surface area contributed by atoms with Gasteiger partial charge in [-0.1, -0.05) is 13.2 Å². The highest BCUT2D eigenvalue weighted by Crippen LogP contribution is 2.35. The second kappa shape index (κ2) is 9.41. The molecule has 1 N–H and O–H groups in total. The maximum atomic E-state index is 10.4. The third-order valence-corrected chi connectivity index (χ3v) is 2.19. The van der Waals surface area contributed by atoms with Crippen molar-refractivity contribution >= 4 is 11.9 Å². The van der Waals surface area contributed by atoms with Gasteiger partial charge >= 0.3 is 11.9 Å². The summed E-state index contributed by atoms with van der Waals surface area (Å²) in [6.45, 7) is 9.95. The summed E-state index contributed by atoms with van der Waals surface area (Å²) in [6.07, 6.45) is 3.17. The molecule has 1 aliphatic carbocycles. The highest BCUT2D eigenvalue weighted by molar-refractivity contribution is 5.86. The minimum absolute atomic E-state index is 0.299. The van der Waals surface area contributed by atoms with Gasteiger partial charge in [0.2, 0.25) is 0 Å². The summed E-state index contributed by atoms with van der Waals surface area (Å²) in [5.74, 6) is -0.945. The van der Waals surface area contributed by atoms with Gasteiger partial charge in [-0.2, -0.15) is 0 Å². The lowest BCUT2D eigenvalue weighted by atomic mass is 10.2. The number of hydrogen-bond donors (Lipinski definition) is 1. The molecule has 0 aromatic carbocycles. The second-order valence-corrected chi connectivity index (χ2v) is 3.67. The van der Waals surface area contributed by atoms with Gasteiger partial charge in [0.1, 0.15) is 6.61 Å². The van der Waals surface area contributed by atoms with Crippen LogP contribution in [0.5, 0.6) is 0 Å². The maximum Gasteiger partial charge on any atom is 0.331 e. The summed E-state index contributed by atoms with van der Waals surface area (Å²) in [5, 5.41) is 8.29. The smallest absolute Gasteiger partial charge is 0.331 e. The number of carboxylic acids is 1. The summed E-state index contributed by atoms with van der Waals surface area (Å²) in [6, 6.07) is 0. The van der Waals surface area contributed by atoms with E-state index in [-0.39, 0.29) is 0 Å². The molecule has 102 valence electrons. The van der Waals surface area contributed by atoms with E-state index in [0.29, 0.717) is 31.3 Å². The first kappa shape index (κ1) is 16.4. The lowest BCUT2D eigenvalue weighted by Crippen LogP contribution is -2.07. The van der Waals surface area contributed by atoms with E-state index in [1.165, 1.54) is 0 Å². The van der Waals surface area contributed by atoms with Crippen molar-refractivity contribution in [3.63, 3.8) is 0 Å². The largest absolute Gasteiger partial charge is 0.478 e. The summed E-state index contributed by atoms with van der Waals surface area (Å²) in [4.78, 5) is 20.5. The molecule has 0 bridgehead atoms. The van der Waals surface area contributed by atoms with Crippen LogP contribution in [-0.2, 0) is 19.1 Å². The molecule has 0 heterocycles. The van der Waals surface area contributed by atoms with Crippen molar-refractivity contribution in [2.45, 2.75) is 19.8 Å². The van der Waals surface area contributed by atoms with Crippen LogP contribution in [-0.4, -0.2) is 36.9 Å². The molecule has 0 atom stereocenters. The van der Waals surface area contributed by atoms with Crippen molar-refractivity contribution < 1.29 is 24.2 Å². The Hall–Kier alpha value is -1.62.